The van der Waals surface area contributed by atoms with E-state index in [1.54, 1.807) is 11.3 Å². The molecule has 1 aromatic carbocycles. The summed E-state index contributed by atoms with van der Waals surface area (Å²) in [4.78, 5) is 14.0. The summed E-state index contributed by atoms with van der Waals surface area (Å²) in [6.45, 7) is 2.12. The van der Waals surface area contributed by atoms with E-state index >= 15 is 0 Å². The van der Waals surface area contributed by atoms with E-state index in [1.807, 2.05) is 30.3 Å². The first-order chi connectivity index (χ1) is 11.3. The fraction of sp³-hybridized carbons (Fsp3) is 0.389. The summed E-state index contributed by atoms with van der Waals surface area (Å²) in [6, 6.07) is 14.5. The predicted octanol–water partition coefficient (Wildman–Crippen LogP) is 3.31. The van der Waals surface area contributed by atoms with Crippen molar-refractivity contribution in [2.24, 2.45) is 0 Å². The van der Waals surface area contributed by atoms with E-state index in [0.29, 0.717) is 0 Å². The molecule has 0 radical (unpaired) electrons. The third-order valence-corrected chi connectivity index (χ3v) is 5.19. The van der Waals surface area contributed by atoms with Gasteiger partial charge in [0.2, 0.25) is 5.91 Å². The van der Waals surface area contributed by atoms with Crippen LogP contribution < -0.4 is 16.2 Å². The smallest absolute Gasteiger partial charge is 0.228 e. The lowest BCUT2D eigenvalue weighted by Gasteiger charge is -2.19. The Bertz CT molecular complexity index is 614. The largest absolute Gasteiger partial charge is 0.339 e. The topological polar surface area (TPSA) is 53.2 Å². The number of amides is 1. The fourth-order valence-electron chi connectivity index (χ4n) is 3.02. The lowest BCUT2D eigenvalue weighted by molar-refractivity contribution is -0.123. The van der Waals surface area contributed by atoms with E-state index in [4.69, 9.17) is 0 Å². The Morgan fingerprint density at radius 3 is 2.78 bits per heavy atom. The number of rotatable bonds is 6. The number of hydrazine groups is 1. The molecule has 4 nitrogen and oxygen atoms in total. The molecule has 1 amide bonds. The van der Waals surface area contributed by atoms with Gasteiger partial charge >= 0.3 is 0 Å². The molecule has 3 N–H and O–H groups in total. The zero-order chi connectivity index (χ0) is 16.1. The molecule has 5 heteroatoms. The fourth-order valence-corrected chi connectivity index (χ4v) is 3.81. The highest BCUT2D eigenvalue weighted by Crippen LogP contribution is 2.26. The van der Waals surface area contributed by atoms with Crippen LogP contribution in [-0.4, -0.2) is 12.1 Å². The maximum Gasteiger partial charge on any atom is 0.228 e. The first-order valence-electron chi connectivity index (χ1n) is 8.17. The van der Waals surface area contributed by atoms with E-state index in [0.717, 1.165) is 24.8 Å². The second kappa shape index (κ2) is 7.73. The highest BCUT2D eigenvalue weighted by molar-refractivity contribution is 7.10. The number of carbonyl (C=O) groups is 1. The minimum atomic E-state index is -0.0798. The summed E-state index contributed by atoms with van der Waals surface area (Å²) in [5.74, 6) is 0.0213. The molecule has 3 rings (SSSR count). The van der Waals surface area contributed by atoms with Crippen LogP contribution in [0.15, 0.2) is 47.8 Å². The minimum absolute atomic E-state index is 0.0299. The van der Waals surface area contributed by atoms with Crippen molar-refractivity contribution in [1.29, 1.82) is 0 Å². The van der Waals surface area contributed by atoms with E-state index in [2.05, 4.69) is 40.6 Å². The van der Waals surface area contributed by atoms with Crippen molar-refractivity contribution in [3.8, 4) is 0 Å². The highest BCUT2D eigenvalue weighted by Gasteiger charge is 2.29. The molecule has 122 valence electrons. The molecule has 1 aliphatic rings. The van der Waals surface area contributed by atoms with E-state index in [1.165, 1.54) is 4.88 Å². The van der Waals surface area contributed by atoms with E-state index in [9.17, 15) is 4.79 Å². The molecule has 2 aromatic rings. The molecule has 0 bridgehead atoms. The second-order valence-electron chi connectivity index (χ2n) is 5.91. The van der Waals surface area contributed by atoms with Crippen molar-refractivity contribution in [2.45, 2.75) is 44.3 Å². The predicted molar refractivity (Wildman–Crippen MR) is 94.0 cm³/mol. The van der Waals surface area contributed by atoms with Crippen molar-refractivity contribution >= 4 is 17.2 Å². The van der Waals surface area contributed by atoms with Gasteiger partial charge in [0, 0.05) is 11.3 Å². The molecule has 3 unspecified atom stereocenters. The van der Waals surface area contributed by atoms with Gasteiger partial charge in [0.1, 0.15) is 0 Å². The molecule has 1 saturated heterocycles. The molecule has 1 aromatic heterocycles. The van der Waals surface area contributed by atoms with Crippen LogP contribution in [0.3, 0.4) is 0 Å². The summed E-state index contributed by atoms with van der Waals surface area (Å²) in [5, 5.41) is 5.23. The van der Waals surface area contributed by atoms with Crippen LogP contribution in [0.4, 0.5) is 0 Å². The lowest BCUT2D eigenvalue weighted by Crippen LogP contribution is -2.45. The summed E-state index contributed by atoms with van der Waals surface area (Å²) >= 11 is 1.74. The maximum absolute atomic E-state index is 12.7. The molecule has 2 heterocycles. The Hall–Kier alpha value is -1.69. The highest BCUT2D eigenvalue weighted by atomic mass is 32.1. The van der Waals surface area contributed by atoms with Gasteiger partial charge < -0.3 is 5.32 Å². The van der Waals surface area contributed by atoms with Gasteiger partial charge in [0.25, 0.3) is 0 Å². The molecular weight excluding hydrogens is 306 g/mol. The van der Waals surface area contributed by atoms with Gasteiger partial charge in [-0.15, -0.1) is 11.3 Å². The van der Waals surface area contributed by atoms with Crippen LogP contribution in [0.25, 0.3) is 0 Å². The van der Waals surface area contributed by atoms with Crippen molar-refractivity contribution in [3.05, 3.63) is 58.3 Å². The normalized spacial score (nSPS) is 22.0. The summed E-state index contributed by atoms with van der Waals surface area (Å²) in [6.07, 6.45) is 2.68. The molecule has 1 fully saturated rings. The molecule has 0 spiro atoms. The number of hydrogen-bond donors (Lipinski definition) is 3. The van der Waals surface area contributed by atoms with Crippen LogP contribution in [0.5, 0.6) is 0 Å². The maximum atomic E-state index is 12.7. The number of nitrogens with one attached hydrogen (secondary N) is 3. The van der Waals surface area contributed by atoms with Crippen molar-refractivity contribution in [1.82, 2.24) is 16.2 Å². The van der Waals surface area contributed by atoms with Gasteiger partial charge in [0.15, 0.2) is 0 Å². The lowest BCUT2D eigenvalue weighted by atomic mass is 9.93. The summed E-state index contributed by atoms with van der Waals surface area (Å²) in [5.41, 5.74) is 7.56. The molecule has 3 atom stereocenters. The molecule has 23 heavy (non-hydrogen) atoms. The van der Waals surface area contributed by atoms with Crippen molar-refractivity contribution in [2.75, 3.05) is 0 Å². The van der Waals surface area contributed by atoms with Gasteiger partial charge in [-0.25, -0.2) is 10.9 Å². The van der Waals surface area contributed by atoms with E-state index < -0.39 is 0 Å². The zero-order valence-electron chi connectivity index (χ0n) is 13.3. The van der Waals surface area contributed by atoms with Crippen molar-refractivity contribution in [3.63, 3.8) is 0 Å². The Labute approximate surface area is 141 Å². The quantitative estimate of drug-likeness (QED) is 0.762. The average Bonchev–Trinajstić information content (AvgIpc) is 3.24. The standard InChI is InChI=1S/C18H23N3OS/c1-2-7-14(13-8-4-3-5-9-13)18(22)19-17-12-15(20-21-17)16-10-6-11-23-16/h3-6,8-11,14-15,17,20-21H,2,7,12H2,1H3,(H,19,22). The Morgan fingerprint density at radius 1 is 1.26 bits per heavy atom. The van der Waals surface area contributed by atoms with Crippen LogP contribution >= 0.6 is 11.3 Å². The van der Waals surface area contributed by atoms with Crippen LogP contribution in [0.2, 0.25) is 0 Å². The van der Waals surface area contributed by atoms with Crippen LogP contribution in [0, 0.1) is 0 Å². The molecule has 0 aliphatic carbocycles. The van der Waals surface area contributed by atoms with Crippen molar-refractivity contribution < 1.29 is 4.79 Å². The van der Waals surface area contributed by atoms with Crippen LogP contribution in [-0.2, 0) is 4.79 Å². The van der Waals surface area contributed by atoms with Gasteiger partial charge in [-0.3, -0.25) is 4.79 Å². The SMILES string of the molecule is CCCC(C(=O)NC1CC(c2cccs2)NN1)c1ccccc1. The molecule has 0 saturated carbocycles. The molecular formula is C18H23N3OS. The Morgan fingerprint density at radius 2 is 2.09 bits per heavy atom. The second-order valence-corrected chi connectivity index (χ2v) is 6.88. The average molecular weight is 329 g/mol. The third-order valence-electron chi connectivity index (χ3n) is 4.20. The van der Waals surface area contributed by atoms with E-state index in [-0.39, 0.29) is 24.0 Å². The van der Waals surface area contributed by atoms with Gasteiger partial charge in [-0.2, -0.15) is 0 Å². The number of thiophene rings is 1. The minimum Gasteiger partial charge on any atom is -0.339 e. The Balaban J connectivity index is 1.61. The van der Waals surface area contributed by atoms with Gasteiger partial charge in [0.05, 0.1) is 18.1 Å². The number of carbonyl (C=O) groups excluding carboxylic acids is 1. The summed E-state index contributed by atoms with van der Waals surface area (Å²) < 4.78 is 0. The number of hydrogen-bond acceptors (Lipinski definition) is 4. The van der Waals surface area contributed by atoms with Gasteiger partial charge in [-0.05, 0) is 23.4 Å². The number of benzene rings is 1. The monoisotopic (exact) mass is 329 g/mol. The third kappa shape index (κ3) is 3.99. The first-order valence-corrected chi connectivity index (χ1v) is 9.05. The van der Waals surface area contributed by atoms with Crippen LogP contribution in [0.1, 0.15) is 48.6 Å². The molecule has 1 aliphatic heterocycles. The summed E-state index contributed by atoms with van der Waals surface area (Å²) in [7, 11) is 0. The van der Waals surface area contributed by atoms with Gasteiger partial charge in [-0.1, -0.05) is 49.7 Å². The zero-order valence-corrected chi connectivity index (χ0v) is 14.1. The first kappa shape index (κ1) is 16.2. The Kier molecular flexibility index (Phi) is 5.43.